The van der Waals surface area contributed by atoms with Crippen LogP contribution in [0.4, 0.5) is 15.8 Å². The first-order valence-electron chi connectivity index (χ1n) is 9.62. The molecule has 1 amide bonds. The summed E-state index contributed by atoms with van der Waals surface area (Å²) in [5, 5.41) is 9.84. The van der Waals surface area contributed by atoms with Crippen molar-refractivity contribution in [1.82, 2.24) is 5.32 Å². The number of carbonyl (C=O) groups is 1. The quantitative estimate of drug-likeness (QED) is 0.507. The zero-order chi connectivity index (χ0) is 21.0. The zero-order valence-electron chi connectivity index (χ0n) is 17.1. The summed E-state index contributed by atoms with van der Waals surface area (Å²) in [7, 11) is 0. The molecule has 1 heterocycles. The number of hydrogen-bond acceptors (Lipinski definition) is 3. The fourth-order valence-electron chi connectivity index (χ4n) is 3.08. The first-order valence-corrected chi connectivity index (χ1v) is 10.7. The number of anilines is 2. The molecular formula is C22H27FN4OS. The molecule has 1 aliphatic rings. The molecule has 3 N–H and O–H groups in total. The van der Waals surface area contributed by atoms with Crippen LogP contribution in [0.15, 0.2) is 53.5 Å². The smallest absolute Gasteiger partial charge is 0.266 e. The molecule has 0 aliphatic carbocycles. The molecule has 2 unspecified atom stereocenters. The van der Waals surface area contributed by atoms with E-state index in [1.807, 2.05) is 25.1 Å². The fraction of sp³-hybridized carbons (Fsp3) is 0.364. The number of aliphatic imine (C=N–C) groups is 1. The SMILES string of the molecule is CC1NC(C(=O)/N=C(/Nc2ccc(F)cc2)Nc2ccccc2C(C)(C)C)CS1. The van der Waals surface area contributed by atoms with Gasteiger partial charge in [-0.1, -0.05) is 39.0 Å². The number of benzene rings is 2. The lowest BCUT2D eigenvalue weighted by molar-refractivity contribution is -0.119. The minimum Gasteiger partial charge on any atom is -0.326 e. The van der Waals surface area contributed by atoms with Crippen molar-refractivity contribution in [2.45, 2.75) is 44.5 Å². The van der Waals surface area contributed by atoms with Crippen LogP contribution in [0, 0.1) is 5.82 Å². The molecule has 1 aliphatic heterocycles. The molecular weight excluding hydrogens is 387 g/mol. The summed E-state index contributed by atoms with van der Waals surface area (Å²) in [5.41, 5.74) is 2.52. The average Bonchev–Trinajstić information content (AvgIpc) is 3.10. The highest BCUT2D eigenvalue weighted by molar-refractivity contribution is 8.00. The molecule has 3 rings (SSSR count). The van der Waals surface area contributed by atoms with Gasteiger partial charge in [0.15, 0.2) is 0 Å². The molecule has 0 radical (unpaired) electrons. The summed E-state index contributed by atoms with van der Waals surface area (Å²) >= 11 is 1.69. The Labute approximate surface area is 175 Å². The van der Waals surface area contributed by atoms with E-state index in [2.05, 4.69) is 47.8 Å². The summed E-state index contributed by atoms with van der Waals surface area (Å²) in [6, 6.07) is 13.6. The number of carbonyl (C=O) groups excluding carboxylic acids is 1. The van der Waals surface area contributed by atoms with Gasteiger partial charge in [0.05, 0.1) is 11.4 Å². The number of thioether (sulfide) groups is 1. The van der Waals surface area contributed by atoms with Gasteiger partial charge >= 0.3 is 0 Å². The second kappa shape index (κ2) is 8.97. The molecule has 154 valence electrons. The van der Waals surface area contributed by atoms with Crippen LogP contribution in [-0.4, -0.2) is 29.0 Å². The van der Waals surface area contributed by atoms with Crippen molar-refractivity contribution < 1.29 is 9.18 Å². The number of rotatable bonds is 3. The Balaban J connectivity index is 1.89. The monoisotopic (exact) mass is 414 g/mol. The summed E-state index contributed by atoms with van der Waals surface area (Å²) in [6.07, 6.45) is 0. The van der Waals surface area contributed by atoms with E-state index in [4.69, 9.17) is 0 Å². The van der Waals surface area contributed by atoms with Crippen LogP contribution >= 0.6 is 11.8 Å². The van der Waals surface area contributed by atoms with Crippen molar-refractivity contribution in [2.24, 2.45) is 4.99 Å². The highest BCUT2D eigenvalue weighted by atomic mass is 32.2. The van der Waals surface area contributed by atoms with Crippen LogP contribution in [0.3, 0.4) is 0 Å². The van der Waals surface area contributed by atoms with Gasteiger partial charge in [0, 0.05) is 17.1 Å². The molecule has 0 saturated carbocycles. The van der Waals surface area contributed by atoms with Crippen LogP contribution < -0.4 is 16.0 Å². The maximum atomic E-state index is 13.3. The zero-order valence-corrected chi connectivity index (χ0v) is 17.9. The lowest BCUT2D eigenvalue weighted by Crippen LogP contribution is -2.36. The Morgan fingerprint density at radius 1 is 1.14 bits per heavy atom. The molecule has 5 nitrogen and oxygen atoms in total. The Bertz CT molecular complexity index is 892. The molecule has 2 aromatic rings. The molecule has 2 aromatic carbocycles. The van der Waals surface area contributed by atoms with Crippen molar-refractivity contribution in [2.75, 3.05) is 16.4 Å². The van der Waals surface area contributed by atoms with Gasteiger partial charge < -0.3 is 10.6 Å². The Morgan fingerprint density at radius 3 is 2.45 bits per heavy atom. The minimum atomic E-state index is -0.322. The van der Waals surface area contributed by atoms with Crippen molar-refractivity contribution in [3.63, 3.8) is 0 Å². The average molecular weight is 415 g/mol. The van der Waals surface area contributed by atoms with E-state index < -0.39 is 0 Å². The third kappa shape index (κ3) is 5.81. The van der Waals surface area contributed by atoms with Gasteiger partial charge in [0.25, 0.3) is 5.91 Å². The number of nitrogens with one attached hydrogen (secondary N) is 3. The lowest BCUT2D eigenvalue weighted by atomic mass is 9.86. The van der Waals surface area contributed by atoms with Crippen LogP contribution in [0.2, 0.25) is 0 Å². The van der Waals surface area contributed by atoms with Crippen molar-refractivity contribution >= 4 is 35.0 Å². The largest absolute Gasteiger partial charge is 0.326 e. The van der Waals surface area contributed by atoms with Gasteiger partial charge in [-0.15, -0.1) is 11.8 Å². The number of halogens is 1. The third-order valence-electron chi connectivity index (χ3n) is 4.56. The number of amides is 1. The maximum Gasteiger partial charge on any atom is 0.266 e. The van der Waals surface area contributed by atoms with Gasteiger partial charge in [-0.05, 0) is 48.2 Å². The summed E-state index contributed by atoms with van der Waals surface area (Å²) in [5.74, 6) is 0.431. The molecule has 0 bridgehead atoms. The van der Waals surface area contributed by atoms with Crippen molar-refractivity contribution in [3.8, 4) is 0 Å². The van der Waals surface area contributed by atoms with Crippen LogP contribution in [0.25, 0.3) is 0 Å². The highest BCUT2D eigenvalue weighted by Crippen LogP contribution is 2.29. The number of nitrogens with zero attached hydrogens (tertiary/aromatic N) is 1. The van der Waals surface area contributed by atoms with Gasteiger partial charge in [-0.25, -0.2) is 4.39 Å². The van der Waals surface area contributed by atoms with Crippen molar-refractivity contribution in [3.05, 3.63) is 59.9 Å². The van der Waals surface area contributed by atoms with Gasteiger partial charge in [0.2, 0.25) is 5.96 Å². The van der Waals surface area contributed by atoms with Gasteiger partial charge in [-0.2, -0.15) is 4.99 Å². The first-order chi connectivity index (χ1) is 13.7. The first kappa shape index (κ1) is 21.3. The van der Waals surface area contributed by atoms with Crippen molar-refractivity contribution in [1.29, 1.82) is 0 Å². The molecule has 7 heteroatoms. The highest BCUT2D eigenvalue weighted by Gasteiger charge is 2.27. The second-order valence-corrected chi connectivity index (χ2v) is 9.42. The van der Waals surface area contributed by atoms with E-state index in [0.717, 1.165) is 11.3 Å². The summed E-state index contributed by atoms with van der Waals surface area (Å²) < 4.78 is 13.3. The normalized spacial score (nSPS) is 19.8. The Kier molecular flexibility index (Phi) is 6.59. The predicted octanol–water partition coefficient (Wildman–Crippen LogP) is 4.58. The minimum absolute atomic E-state index is 0.0896. The second-order valence-electron chi connectivity index (χ2n) is 8.05. The summed E-state index contributed by atoms with van der Waals surface area (Å²) in [6.45, 7) is 8.41. The number of para-hydroxylation sites is 1. The lowest BCUT2D eigenvalue weighted by Gasteiger charge is -2.24. The third-order valence-corrected chi connectivity index (χ3v) is 5.73. The fourth-order valence-corrected chi connectivity index (χ4v) is 4.06. The van der Waals surface area contributed by atoms with Crippen LogP contribution in [-0.2, 0) is 10.2 Å². The van der Waals surface area contributed by atoms with E-state index in [0.29, 0.717) is 17.4 Å². The maximum absolute atomic E-state index is 13.3. The summed E-state index contributed by atoms with van der Waals surface area (Å²) in [4.78, 5) is 17.0. The molecule has 1 saturated heterocycles. The topological polar surface area (TPSA) is 65.5 Å². The molecule has 0 aromatic heterocycles. The number of guanidine groups is 1. The van der Waals surface area contributed by atoms with E-state index in [-0.39, 0.29) is 28.6 Å². The van der Waals surface area contributed by atoms with Gasteiger partial charge in [-0.3, -0.25) is 10.1 Å². The molecule has 0 spiro atoms. The Hall–Kier alpha value is -2.38. The van der Waals surface area contributed by atoms with Crippen LogP contribution in [0.1, 0.15) is 33.3 Å². The van der Waals surface area contributed by atoms with Gasteiger partial charge in [0.1, 0.15) is 5.82 Å². The van der Waals surface area contributed by atoms with E-state index in [1.54, 1.807) is 23.9 Å². The van der Waals surface area contributed by atoms with E-state index >= 15 is 0 Å². The Morgan fingerprint density at radius 2 is 1.83 bits per heavy atom. The molecule has 2 atom stereocenters. The number of hydrogen-bond donors (Lipinski definition) is 3. The van der Waals surface area contributed by atoms with E-state index in [9.17, 15) is 9.18 Å². The molecule has 1 fully saturated rings. The standard InChI is InChI=1S/C22H27FN4OS/c1-14-24-19(13-29-14)20(28)27-21(25-16-11-9-15(23)10-12-16)26-18-8-6-5-7-17(18)22(2,3)4/h5-12,14,19,24H,13H2,1-4H3,(H2,25,26,27,28). The predicted molar refractivity (Wildman–Crippen MR) is 120 cm³/mol. The van der Waals surface area contributed by atoms with E-state index in [1.165, 1.54) is 12.1 Å². The van der Waals surface area contributed by atoms with Crippen LogP contribution in [0.5, 0.6) is 0 Å². The molecule has 29 heavy (non-hydrogen) atoms.